The van der Waals surface area contributed by atoms with Crippen molar-refractivity contribution in [2.75, 3.05) is 12.4 Å². The summed E-state index contributed by atoms with van der Waals surface area (Å²) >= 11 is 0. The average molecular weight is 244 g/mol. The van der Waals surface area contributed by atoms with E-state index in [0.29, 0.717) is 6.04 Å². The molecule has 2 heterocycles. The first-order valence-electron chi connectivity index (χ1n) is 7.33. The Hall–Kier alpha value is -1.02. The smallest absolute Gasteiger partial charge is 0.0342 e. The molecule has 2 heteroatoms. The van der Waals surface area contributed by atoms with Crippen LogP contribution < -0.4 is 5.32 Å². The molecule has 0 amide bonds. The molecule has 98 valence electrons. The Morgan fingerprint density at radius 3 is 2.28 bits per heavy atom. The van der Waals surface area contributed by atoms with Crippen molar-refractivity contribution >= 4 is 5.69 Å². The van der Waals surface area contributed by atoms with Gasteiger partial charge in [-0.1, -0.05) is 19.1 Å². The highest BCUT2D eigenvalue weighted by molar-refractivity contribution is 5.45. The second-order valence-electron chi connectivity index (χ2n) is 5.91. The van der Waals surface area contributed by atoms with Crippen LogP contribution >= 0.6 is 0 Å². The van der Waals surface area contributed by atoms with Crippen molar-refractivity contribution in [3.63, 3.8) is 0 Å². The second-order valence-corrected chi connectivity index (χ2v) is 5.91. The summed E-state index contributed by atoms with van der Waals surface area (Å²) in [5.41, 5.74) is 2.71. The van der Waals surface area contributed by atoms with E-state index in [-0.39, 0.29) is 0 Å². The van der Waals surface area contributed by atoms with Gasteiger partial charge in [-0.25, -0.2) is 0 Å². The topological polar surface area (TPSA) is 15.3 Å². The fourth-order valence-electron chi connectivity index (χ4n) is 3.60. The zero-order chi connectivity index (χ0) is 12.5. The van der Waals surface area contributed by atoms with Gasteiger partial charge >= 0.3 is 0 Å². The number of nitrogens with one attached hydrogen (secondary N) is 1. The van der Waals surface area contributed by atoms with Gasteiger partial charge in [0.05, 0.1) is 0 Å². The Balaban J connectivity index is 1.63. The SMILES string of the molecule is CCc1ccc(NC2CC3CCC(C2)N3C)cc1. The minimum Gasteiger partial charge on any atom is -0.382 e. The van der Waals surface area contributed by atoms with E-state index < -0.39 is 0 Å². The largest absolute Gasteiger partial charge is 0.382 e. The van der Waals surface area contributed by atoms with Crippen molar-refractivity contribution in [3.8, 4) is 0 Å². The molecule has 2 aliphatic heterocycles. The van der Waals surface area contributed by atoms with Crippen LogP contribution in [0.3, 0.4) is 0 Å². The van der Waals surface area contributed by atoms with E-state index >= 15 is 0 Å². The summed E-state index contributed by atoms with van der Waals surface area (Å²) in [6, 6.07) is 11.3. The first kappa shape index (κ1) is 12.0. The molecule has 2 fully saturated rings. The first-order chi connectivity index (χ1) is 8.76. The second kappa shape index (κ2) is 4.93. The maximum absolute atomic E-state index is 3.73. The third kappa shape index (κ3) is 2.26. The van der Waals surface area contributed by atoms with Crippen LogP contribution in [-0.4, -0.2) is 30.1 Å². The Bertz CT molecular complexity index is 384. The van der Waals surface area contributed by atoms with Crippen molar-refractivity contribution in [3.05, 3.63) is 29.8 Å². The molecule has 18 heavy (non-hydrogen) atoms. The van der Waals surface area contributed by atoms with Gasteiger partial charge in [0.25, 0.3) is 0 Å². The highest BCUT2D eigenvalue weighted by atomic mass is 15.2. The van der Waals surface area contributed by atoms with Gasteiger partial charge in [0, 0.05) is 23.8 Å². The summed E-state index contributed by atoms with van der Waals surface area (Å²) in [5.74, 6) is 0. The molecular formula is C16H24N2. The lowest BCUT2D eigenvalue weighted by atomic mass is 9.97. The Morgan fingerprint density at radius 1 is 1.11 bits per heavy atom. The lowest BCUT2D eigenvalue weighted by Gasteiger charge is -2.37. The fourth-order valence-corrected chi connectivity index (χ4v) is 3.60. The van der Waals surface area contributed by atoms with Gasteiger partial charge in [0.15, 0.2) is 0 Å². The molecule has 2 saturated heterocycles. The van der Waals surface area contributed by atoms with Gasteiger partial charge in [-0.15, -0.1) is 0 Å². The molecule has 0 spiro atoms. The third-order valence-electron chi connectivity index (χ3n) is 4.83. The van der Waals surface area contributed by atoms with Gasteiger partial charge in [-0.3, -0.25) is 0 Å². The Morgan fingerprint density at radius 2 is 1.72 bits per heavy atom. The lowest BCUT2D eigenvalue weighted by Crippen LogP contribution is -2.44. The van der Waals surface area contributed by atoms with E-state index in [1.807, 2.05) is 0 Å². The maximum atomic E-state index is 3.73. The van der Waals surface area contributed by atoms with Gasteiger partial charge in [0.1, 0.15) is 0 Å². The van der Waals surface area contributed by atoms with Crippen molar-refractivity contribution in [1.29, 1.82) is 0 Å². The van der Waals surface area contributed by atoms with Gasteiger partial charge < -0.3 is 10.2 Å². The highest BCUT2D eigenvalue weighted by Crippen LogP contribution is 2.35. The van der Waals surface area contributed by atoms with Gasteiger partial charge in [-0.2, -0.15) is 0 Å². The molecule has 2 atom stereocenters. The van der Waals surface area contributed by atoms with Crippen molar-refractivity contribution in [2.45, 2.75) is 57.2 Å². The predicted molar refractivity (Wildman–Crippen MR) is 77.0 cm³/mol. The van der Waals surface area contributed by atoms with Crippen LogP contribution in [0.1, 0.15) is 38.2 Å². The van der Waals surface area contributed by atoms with Gasteiger partial charge in [0.2, 0.25) is 0 Å². The number of benzene rings is 1. The quantitative estimate of drug-likeness (QED) is 0.877. The number of hydrogen-bond acceptors (Lipinski definition) is 2. The fraction of sp³-hybridized carbons (Fsp3) is 0.625. The monoisotopic (exact) mass is 244 g/mol. The van der Waals surface area contributed by atoms with Crippen molar-refractivity contribution in [1.82, 2.24) is 4.90 Å². The molecule has 2 nitrogen and oxygen atoms in total. The molecule has 0 saturated carbocycles. The predicted octanol–water partition coefficient (Wildman–Crippen LogP) is 3.29. The molecule has 1 N–H and O–H groups in total. The molecule has 0 aromatic heterocycles. The molecule has 2 unspecified atom stereocenters. The van der Waals surface area contributed by atoms with E-state index in [2.05, 4.69) is 48.5 Å². The maximum Gasteiger partial charge on any atom is 0.0342 e. The molecule has 1 aromatic rings. The summed E-state index contributed by atoms with van der Waals surface area (Å²) < 4.78 is 0. The summed E-state index contributed by atoms with van der Waals surface area (Å²) in [5, 5.41) is 3.73. The highest BCUT2D eigenvalue weighted by Gasteiger charge is 2.38. The minimum absolute atomic E-state index is 0.672. The number of rotatable bonds is 3. The van der Waals surface area contributed by atoms with Crippen LogP contribution in [0.5, 0.6) is 0 Å². The van der Waals surface area contributed by atoms with Crippen LogP contribution in [0.15, 0.2) is 24.3 Å². The summed E-state index contributed by atoms with van der Waals surface area (Å²) in [6.45, 7) is 2.21. The summed E-state index contributed by atoms with van der Waals surface area (Å²) in [6.07, 6.45) is 6.53. The van der Waals surface area contributed by atoms with Crippen molar-refractivity contribution in [2.24, 2.45) is 0 Å². The number of hydrogen-bond donors (Lipinski definition) is 1. The molecule has 3 rings (SSSR count). The molecular weight excluding hydrogens is 220 g/mol. The van der Waals surface area contributed by atoms with Crippen LogP contribution in [0.2, 0.25) is 0 Å². The molecule has 1 aromatic carbocycles. The standard InChI is InChI=1S/C16H24N2/c1-3-12-4-6-13(7-5-12)17-14-10-15-8-9-16(11-14)18(15)2/h4-7,14-17H,3,8-11H2,1-2H3. The third-order valence-corrected chi connectivity index (χ3v) is 4.83. The molecule has 2 aliphatic rings. The van der Waals surface area contributed by atoms with Crippen molar-refractivity contribution < 1.29 is 0 Å². The normalized spacial score (nSPS) is 31.6. The summed E-state index contributed by atoms with van der Waals surface area (Å²) in [4.78, 5) is 2.60. The zero-order valence-corrected chi connectivity index (χ0v) is 11.5. The summed E-state index contributed by atoms with van der Waals surface area (Å²) in [7, 11) is 2.30. The molecule has 0 radical (unpaired) electrons. The van der Waals surface area contributed by atoms with Crippen LogP contribution in [0, 0.1) is 0 Å². The number of nitrogens with zero attached hydrogens (tertiary/aromatic N) is 1. The zero-order valence-electron chi connectivity index (χ0n) is 11.5. The molecule has 0 aliphatic carbocycles. The Kier molecular flexibility index (Phi) is 3.29. The average Bonchev–Trinajstić information content (AvgIpc) is 2.63. The van der Waals surface area contributed by atoms with E-state index in [1.165, 1.54) is 36.9 Å². The van der Waals surface area contributed by atoms with E-state index in [0.717, 1.165) is 18.5 Å². The van der Waals surface area contributed by atoms with Crippen LogP contribution in [0.4, 0.5) is 5.69 Å². The lowest BCUT2D eigenvalue weighted by molar-refractivity contribution is 0.169. The first-order valence-corrected chi connectivity index (χ1v) is 7.33. The number of piperidine rings is 1. The Labute approximate surface area is 110 Å². The minimum atomic E-state index is 0.672. The van der Waals surface area contributed by atoms with Crippen LogP contribution in [0.25, 0.3) is 0 Å². The van der Waals surface area contributed by atoms with E-state index in [1.54, 1.807) is 0 Å². The van der Waals surface area contributed by atoms with E-state index in [4.69, 9.17) is 0 Å². The number of anilines is 1. The van der Waals surface area contributed by atoms with Gasteiger partial charge in [-0.05, 0) is 56.8 Å². The number of aryl methyl sites for hydroxylation is 1. The number of fused-ring (bicyclic) bond motifs is 2. The van der Waals surface area contributed by atoms with Crippen LogP contribution in [-0.2, 0) is 6.42 Å². The van der Waals surface area contributed by atoms with E-state index in [9.17, 15) is 0 Å². The molecule has 2 bridgehead atoms.